The van der Waals surface area contributed by atoms with Crippen LogP contribution in [0.5, 0.6) is 0 Å². The highest BCUT2D eigenvalue weighted by Crippen LogP contribution is 2.34. The van der Waals surface area contributed by atoms with Crippen LogP contribution in [0.15, 0.2) is 9.95 Å². The Morgan fingerprint density at radius 1 is 1.47 bits per heavy atom. The van der Waals surface area contributed by atoms with E-state index in [9.17, 15) is 4.79 Å². The van der Waals surface area contributed by atoms with Gasteiger partial charge in [-0.15, -0.1) is 11.3 Å². The third kappa shape index (κ3) is 2.54. The van der Waals surface area contributed by atoms with Gasteiger partial charge in [-0.2, -0.15) is 0 Å². The summed E-state index contributed by atoms with van der Waals surface area (Å²) in [7, 11) is 0. The molecule has 2 aromatic rings. The highest BCUT2D eigenvalue weighted by atomic mass is 32.2. The normalized spacial score (nSPS) is 14.5. The minimum atomic E-state index is -0.0326. The topological polar surface area (TPSA) is 71.8 Å². The fourth-order valence-electron chi connectivity index (χ4n) is 2.35. The average molecular weight is 311 g/mol. The zero-order chi connectivity index (χ0) is 13.4. The Morgan fingerprint density at radius 3 is 3.05 bits per heavy atom. The van der Waals surface area contributed by atoms with Gasteiger partial charge >= 0.3 is 0 Å². The van der Waals surface area contributed by atoms with E-state index in [-0.39, 0.29) is 5.56 Å². The molecule has 0 bridgehead atoms. The van der Waals surface area contributed by atoms with Gasteiger partial charge in [-0.1, -0.05) is 24.0 Å². The van der Waals surface area contributed by atoms with Crippen LogP contribution >= 0.6 is 35.3 Å². The zero-order valence-electron chi connectivity index (χ0n) is 10.2. The molecule has 0 amide bonds. The van der Waals surface area contributed by atoms with E-state index in [1.54, 1.807) is 11.3 Å². The van der Waals surface area contributed by atoms with Crippen molar-refractivity contribution in [1.29, 1.82) is 0 Å². The molecule has 2 aromatic heterocycles. The molecule has 0 unspecified atom stereocenters. The number of hydrogen-bond donors (Lipinski definition) is 2. The second-order valence-corrected chi connectivity index (χ2v) is 7.09. The van der Waals surface area contributed by atoms with E-state index in [0.717, 1.165) is 29.5 Å². The molecule has 0 atom stereocenters. The Bertz CT molecular complexity index is 704. The standard InChI is InChI=1S/C12H13N3OS3/c13-8(17)5-18-12-14-10(16)9-6-3-1-2-4-7(6)19-11(9)15-12/h1-5H2,(H2,13,17)(H,14,15,16). The van der Waals surface area contributed by atoms with Crippen molar-refractivity contribution in [3.8, 4) is 0 Å². The first kappa shape index (κ1) is 13.1. The lowest BCUT2D eigenvalue weighted by Crippen LogP contribution is -2.13. The fraction of sp³-hybridized carbons (Fsp3) is 0.417. The molecule has 2 heterocycles. The summed E-state index contributed by atoms with van der Waals surface area (Å²) in [5.41, 5.74) is 6.65. The quantitative estimate of drug-likeness (QED) is 0.517. The molecule has 0 fully saturated rings. The third-order valence-corrected chi connectivity index (χ3v) is 5.59. The van der Waals surface area contributed by atoms with Crippen molar-refractivity contribution in [1.82, 2.24) is 9.97 Å². The van der Waals surface area contributed by atoms with E-state index in [1.165, 1.54) is 28.6 Å². The zero-order valence-corrected chi connectivity index (χ0v) is 12.6. The molecule has 100 valence electrons. The van der Waals surface area contributed by atoms with Gasteiger partial charge in [0, 0.05) is 4.88 Å². The molecule has 0 radical (unpaired) electrons. The van der Waals surface area contributed by atoms with E-state index >= 15 is 0 Å². The van der Waals surface area contributed by atoms with Crippen LogP contribution < -0.4 is 11.3 Å². The molecular weight excluding hydrogens is 298 g/mol. The van der Waals surface area contributed by atoms with E-state index in [2.05, 4.69) is 9.97 Å². The summed E-state index contributed by atoms with van der Waals surface area (Å²) < 4.78 is 0. The summed E-state index contributed by atoms with van der Waals surface area (Å²) in [6.45, 7) is 0. The Hall–Kier alpha value is -0.920. The molecule has 3 N–H and O–H groups in total. The molecular formula is C12H13N3OS3. The van der Waals surface area contributed by atoms with Crippen LogP contribution in [-0.2, 0) is 12.8 Å². The third-order valence-electron chi connectivity index (χ3n) is 3.15. The first-order valence-electron chi connectivity index (χ1n) is 6.11. The minimum absolute atomic E-state index is 0.0326. The van der Waals surface area contributed by atoms with Gasteiger partial charge in [0.15, 0.2) is 5.16 Å². The SMILES string of the molecule is NC(=S)CSc1nc2sc3c(c2c(=O)[nH]1)CCCC3. The lowest BCUT2D eigenvalue weighted by molar-refractivity contribution is 0.700. The monoisotopic (exact) mass is 311 g/mol. The van der Waals surface area contributed by atoms with Crippen molar-refractivity contribution >= 4 is 50.5 Å². The van der Waals surface area contributed by atoms with Gasteiger partial charge in [0.05, 0.1) is 16.1 Å². The van der Waals surface area contributed by atoms with Crippen molar-refractivity contribution in [3.63, 3.8) is 0 Å². The number of hydrogen-bond acceptors (Lipinski definition) is 5. The van der Waals surface area contributed by atoms with Crippen LogP contribution in [0.1, 0.15) is 23.3 Å². The van der Waals surface area contributed by atoms with Crippen LogP contribution in [0.4, 0.5) is 0 Å². The Morgan fingerprint density at radius 2 is 2.26 bits per heavy atom. The number of thiophene rings is 1. The number of nitrogens with zero attached hydrogens (tertiary/aromatic N) is 1. The fourth-order valence-corrected chi connectivity index (χ4v) is 4.45. The number of aromatic amines is 1. The Kier molecular flexibility index (Phi) is 3.60. The van der Waals surface area contributed by atoms with Crippen LogP contribution in [0, 0.1) is 0 Å². The van der Waals surface area contributed by atoms with Crippen molar-refractivity contribution in [2.75, 3.05) is 5.75 Å². The summed E-state index contributed by atoms with van der Waals surface area (Å²) in [6.07, 6.45) is 4.45. The molecule has 0 spiro atoms. The van der Waals surface area contributed by atoms with Gasteiger partial charge in [0.25, 0.3) is 5.56 Å². The molecule has 4 nitrogen and oxygen atoms in total. The second-order valence-electron chi connectivity index (χ2n) is 4.52. The average Bonchev–Trinajstić information content (AvgIpc) is 2.74. The van der Waals surface area contributed by atoms with Crippen LogP contribution in [-0.4, -0.2) is 20.7 Å². The largest absolute Gasteiger partial charge is 0.393 e. The van der Waals surface area contributed by atoms with E-state index in [4.69, 9.17) is 18.0 Å². The highest BCUT2D eigenvalue weighted by molar-refractivity contribution is 8.00. The van der Waals surface area contributed by atoms with Crippen molar-refractivity contribution in [2.24, 2.45) is 5.73 Å². The summed E-state index contributed by atoms with van der Waals surface area (Å²) in [5.74, 6) is 0.495. The maximum atomic E-state index is 12.2. The molecule has 0 aromatic carbocycles. The smallest absolute Gasteiger partial charge is 0.260 e. The Labute approximate surface area is 123 Å². The van der Waals surface area contributed by atoms with Crippen LogP contribution in [0.3, 0.4) is 0 Å². The minimum Gasteiger partial charge on any atom is -0.393 e. The van der Waals surface area contributed by atoms with Gasteiger partial charge in [0.2, 0.25) is 0 Å². The maximum absolute atomic E-state index is 12.2. The second kappa shape index (κ2) is 5.22. The maximum Gasteiger partial charge on any atom is 0.260 e. The van der Waals surface area contributed by atoms with Gasteiger partial charge < -0.3 is 10.7 Å². The predicted octanol–water partition coefficient (Wildman–Crippen LogP) is 2.24. The number of rotatable bonds is 3. The number of fused-ring (bicyclic) bond motifs is 3. The number of aryl methyl sites for hydroxylation is 2. The van der Waals surface area contributed by atoms with Crippen LogP contribution in [0.2, 0.25) is 0 Å². The number of nitrogens with one attached hydrogen (secondary N) is 1. The number of thiocarbonyl (C=S) groups is 1. The first-order chi connectivity index (χ1) is 9.15. The summed E-state index contributed by atoms with van der Waals surface area (Å²) >= 11 is 7.86. The number of thioether (sulfide) groups is 1. The molecule has 19 heavy (non-hydrogen) atoms. The molecule has 0 saturated heterocycles. The number of nitrogens with two attached hydrogens (primary N) is 1. The molecule has 0 saturated carbocycles. The summed E-state index contributed by atoms with van der Waals surface area (Å²) in [6, 6.07) is 0. The first-order valence-corrected chi connectivity index (χ1v) is 8.32. The Balaban J connectivity index is 2.06. The van der Waals surface area contributed by atoms with Gasteiger partial charge in [-0.25, -0.2) is 4.98 Å². The number of aromatic nitrogens is 2. The molecule has 3 rings (SSSR count). The van der Waals surface area contributed by atoms with E-state index in [1.807, 2.05) is 0 Å². The highest BCUT2D eigenvalue weighted by Gasteiger charge is 2.19. The van der Waals surface area contributed by atoms with Gasteiger partial charge in [-0.05, 0) is 31.2 Å². The van der Waals surface area contributed by atoms with Crippen molar-refractivity contribution in [3.05, 3.63) is 20.8 Å². The number of H-pyrrole nitrogens is 1. The lowest BCUT2D eigenvalue weighted by atomic mass is 9.97. The predicted molar refractivity (Wildman–Crippen MR) is 84.4 cm³/mol. The molecule has 1 aliphatic rings. The van der Waals surface area contributed by atoms with Crippen LogP contribution in [0.25, 0.3) is 10.2 Å². The van der Waals surface area contributed by atoms with Crippen molar-refractivity contribution < 1.29 is 0 Å². The van der Waals surface area contributed by atoms with Gasteiger partial charge in [-0.3, -0.25) is 4.79 Å². The molecule has 1 aliphatic carbocycles. The summed E-state index contributed by atoms with van der Waals surface area (Å²) in [5, 5.41) is 1.39. The summed E-state index contributed by atoms with van der Waals surface area (Å²) in [4.78, 5) is 22.2. The van der Waals surface area contributed by atoms with Crippen molar-refractivity contribution in [2.45, 2.75) is 30.8 Å². The molecule has 0 aliphatic heterocycles. The van der Waals surface area contributed by atoms with E-state index < -0.39 is 0 Å². The molecule has 7 heteroatoms. The van der Waals surface area contributed by atoms with E-state index in [0.29, 0.717) is 15.9 Å². The lowest BCUT2D eigenvalue weighted by Gasteiger charge is -2.09. The van der Waals surface area contributed by atoms with Gasteiger partial charge in [0.1, 0.15) is 4.83 Å².